The van der Waals surface area contributed by atoms with Crippen molar-refractivity contribution < 1.29 is 27.2 Å². The van der Waals surface area contributed by atoms with Crippen molar-refractivity contribution in [3.05, 3.63) is 35.7 Å². The Labute approximate surface area is 147 Å². The fraction of sp³-hybridized carbons (Fsp3) is 0.471. The van der Waals surface area contributed by atoms with Gasteiger partial charge < -0.3 is 9.26 Å². The first-order valence-electron chi connectivity index (χ1n) is 8.26. The quantitative estimate of drug-likeness (QED) is 0.698. The van der Waals surface area contributed by atoms with Crippen LogP contribution in [0.2, 0.25) is 0 Å². The van der Waals surface area contributed by atoms with Crippen molar-refractivity contribution in [2.45, 2.75) is 38.5 Å². The molecule has 140 valence electrons. The van der Waals surface area contributed by atoms with Crippen molar-refractivity contribution in [3.63, 3.8) is 0 Å². The van der Waals surface area contributed by atoms with Crippen molar-refractivity contribution in [2.24, 2.45) is 0 Å². The number of ether oxygens (including phenoxy) is 1. The van der Waals surface area contributed by atoms with Gasteiger partial charge in [-0.15, -0.1) is 0 Å². The molecule has 1 heterocycles. The minimum atomic E-state index is -4.39. The van der Waals surface area contributed by atoms with Crippen LogP contribution in [0.25, 0.3) is 11.4 Å². The van der Waals surface area contributed by atoms with Crippen molar-refractivity contribution >= 4 is 5.97 Å². The lowest BCUT2D eigenvalue weighted by Gasteiger charge is -2.18. The van der Waals surface area contributed by atoms with E-state index in [2.05, 4.69) is 10.1 Å². The molecule has 1 aromatic carbocycles. The van der Waals surface area contributed by atoms with Crippen LogP contribution in [0.4, 0.5) is 13.2 Å². The molecule has 0 bridgehead atoms. The Morgan fingerprint density at radius 2 is 2.00 bits per heavy atom. The van der Waals surface area contributed by atoms with Gasteiger partial charge in [-0.05, 0) is 31.9 Å². The van der Waals surface area contributed by atoms with Gasteiger partial charge in [-0.2, -0.15) is 18.2 Å². The second-order valence-electron chi connectivity index (χ2n) is 6.03. The van der Waals surface area contributed by atoms with Crippen molar-refractivity contribution in [3.8, 4) is 11.4 Å². The number of aromatic nitrogens is 2. The fourth-order valence-corrected chi connectivity index (χ4v) is 2.54. The molecule has 3 rings (SSSR count). The summed E-state index contributed by atoms with van der Waals surface area (Å²) < 4.78 is 48.0. The molecule has 0 saturated heterocycles. The number of nitrogens with zero attached hydrogens (tertiary/aromatic N) is 3. The largest absolute Gasteiger partial charge is 0.465 e. The average Bonchev–Trinajstić information content (AvgIpc) is 3.33. The molecule has 0 amide bonds. The second-order valence-corrected chi connectivity index (χ2v) is 6.03. The highest BCUT2D eigenvalue weighted by atomic mass is 19.4. The molecule has 0 radical (unpaired) electrons. The number of alkyl halides is 3. The van der Waals surface area contributed by atoms with E-state index in [4.69, 9.17) is 9.26 Å². The molecule has 6 nitrogen and oxygen atoms in total. The molecule has 1 aliphatic carbocycles. The number of hydrogen-bond donors (Lipinski definition) is 0. The number of carbonyl (C=O) groups is 1. The highest BCUT2D eigenvalue weighted by Crippen LogP contribution is 2.31. The molecule has 0 spiro atoms. The van der Waals surface area contributed by atoms with Crippen LogP contribution < -0.4 is 0 Å². The molecular weight excluding hydrogens is 351 g/mol. The van der Waals surface area contributed by atoms with Gasteiger partial charge in [0.25, 0.3) is 0 Å². The predicted molar refractivity (Wildman–Crippen MR) is 84.8 cm³/mol. The number of hydrogen-bond acceptors (Lipinski definition) is 6. The van der Waals surface area contributed by atoms with Gasteiger partial charge in [0.15, 0.2) is 0 Å². The molecule has 1 fully saturated rings. The number of esters is 1. The van der Waals surface area contributed by atoms with Crippen LogP contribution in [0, 0.1) is 0 Å². The standard InChI is InChI=1S/C17H18F3N3O3/c1-2-25-15(24)10-23(13-7-8-13)9-14-21-16(22-26-14)11-3-5-12(6-4-11)17(18,19)20/h3-6,13H,2,7-10H2,1H3. The van der Waals surface area contributed by atoms with E-state index in [0.29, 0.717) is 18.1 Å². The minimum absolute atomic E-state index is 0.135. The third-order valence-electron chi connectivity index (χ3n) is 3.98. The molecule has 0 N–H and O–H groups in total. The van der Waals surface area contributed by atoms with Crippen LogP contribution in [0.1, 0.15) is 31.2 Å². The molecule has 9 heteroatoms. The summed E-state index contributed by atoms with van der Waals surface area (Å²) in [4.78, 5) is 17.8. The summed E-state index contributed by atoms with van der Waals surface area (Å²) in [5, 5.41) is 3.82. The van der Waals surface area contributed by atoms with Crippen molar-refractivity contribution in [2.75, 3.05) is 13.2 Å². The lowest BCUT2D eigenvalue weighted by molar-refractivity contribution is -0.144. The van der Waals surface area contributed by atoms with Crippen LogP contribution in [-0.4, -0.2) is 40.2 Å². The first-order valence-corrected chi connectivity index (χ1v) is 8.26. The van der Waals surface area contributed by atoms with Gasteiger partial charge in [0, 0.05) is 11.6 Å². The normalized spacial score (nSPS) is 14.7. The Morgan fingerprint density at radius 3 is 2.58 bits per heavy atom. The SMILES string of the molecule is CCOC(=O)CN(Cc1nc(-c2ccc(C(F)(F)F)cc2)no1)C1CC1. The van der Waals surface area contributed by atoms with Crippen molar-refractivity contribution in [1.29, 1.82) is 0 Å². The fourth-order valence-electron chi connectivity index (χ4n) is 2.54. The maximum Gasteiger partial charge on any atom is 0.416 e. The van der Waals surface area contributed by atoms with Crippen LogP contribution in [0.3, 0.4) is 0 Å². The summed E-state index contributed by atoms with van der Waals surface area (Å²) in [6.07, 6.45) is -2.42. The smallest absolute Gasteiger partial charge is 0.416 e. The minimum Gasteiger partial charge on any atom is -0.465 e. The summed E-state index contributed by atoms with van der Waals surface area (Å²) in [5.41, 5.74) is -0.310. The monoisotopic (exact) mass is 369 g/mol. The summed E-state index contributed by atoms with van der Waals surface area (Å²) in [7, 11) is 0. The van der Waals surface area contributed by atoms with Gasteiger partial charge in [0.2, 0.25) is 11.7 Å². The van der Waals surface area contributed by atoms with E-state index in [-0.39, 0.29) is 30.9 Å². The lowest BCUT2D eigenvalue weighted by atomic mass is 10.1. The number of carbonyl (C=O) groups excluding carboxylic acids is 1. The van der Waals surface area contributed by atoms with Gasteiger partial charge in [-0.25, -0.2) is 0 Å². The van der Waals surface area contributed by atoms with E-state index in [1.54, 1.807) is 6.92 Å². The first kappa shape index (κ1) is 18.4. The van der Waals surface area contributed by atoms with E-state index in [9.17, 15) is 18.0 Å². The summed E-state index contributed by atoms with van der Waals surface area (Å²) >= 11 is 0. The Morgan fingerprint density at radius 1 is 1.31 bits per heavy atom. The zero-order valence-electron chi connectivity index (χ0n) is 14.1. The van der Waals surface area contributed by atoms with Gasteiger partial charge >= 0.3 is 12.1 Å². The average molecular weight is 369 g/mol. The Hall–Kier alpha value is -2.42. The van der Waals surface area contributed by atoms with E-state index < -0.39 is 11.7 Å². The zero-order chi connectivity index (χ0) is 18.7. The first-order chi connectivity index (χ1) is 12.4. The Balaban J connectivity index is 1.67. The highest BCUT2D eigenvalue weighted by Gasteiger charge is 2.32. The molecule has 1 aliphatic rings. The summed E-state index contributed by atoms with van der Waals surface area (Å²) in [5.74, 6) is 0.193. The van der Waals surface area contributed by atoms with Crippen LogP contribution in [0.15, 0.2) is 28.8 Å². The summed E-state index contributed by atoms with van der Waals surface area (Å²) in [6.45, 7) is 2.48. The van der Waals surface area contributed by atoms with Gasteiger partial charge in [-0.3, -0.25) is 9.69 Å². The lowest BCUT2D eigenvalue weighted by Crippen LogP contribution is -2.32. The Kier molecular flexibility index (Phi) is 5.26. The number of halogens is 3. The van der Waals surface area contributed by atoms with Crippen LogP contribution in [-0.2, 0) is 22.3 Å². The van der Waals surface area contributed by atoms with Crippen LogP contribution >= 0.6 is 0 Å². The maximum atomic E-state index is 12.6. The Bertz CT molecular complexity index is 755. The molecule has 0 atom stereocenters. The van der Waals surface area contributed by atoms with E-state index in [0.717, 1.165) is 25.0 Å². The predicted octanol–water partition coefficient (Wildman–Crippen LogP) is 3.28. The zero-order valence-corrected chi connectivity index (χ0v) is 14.1. The third-order valence-corrected chi connectivity index (χ3v) is 3.98. The maximum absolute atomic E-state index is 12.6. The molecule has 0 unspecified atom stereocenters. The number of benzene rings is 1. The topological polar surface area (TPSA) is 68.5 Å². The third kappa shape index (κ3) is 4.60. The van der Waals surface area contributed by atoms with Gasteiger partial charge in [0.1, 0.15) is 0 Å². The number of rotatable bonds is 7. The van der Waals surface area contributed by atoms with E-state index >= 15 is 0 Å². The van der Waals surface area contributed by atoms with Crippen molar-refractivity contribution in [1.82, 2.24) is 15.0 Å². The highest BCUT2D eigenvalue weighted by molar-refractivity contribution is 5.71. The second kappa shape index (κ2) is 7.45. The molecular formula is C17H18F3N3O3. The van der Waals surface area contributed by atoms with Crippen LogP contribution in [0.5, 0.6) is 0 Å². The van der Waals surface area contributed by atoms with E-state index in [1.165, 1.54) is 12.1 Å². The molecule has 26 heavy (non-hydrogen) atoms. The molecule has 1 saturated carbocycles. The van der Waals surface area contributed by atoms with Gasteiger partial charge in [0.05, 0.1) is 25.3 Å². The molecule has 2 aromatic rings. The summed E-state index contributed by atoms with van der Waals surface area (Å²) in [6, 6.07) is 4.83. The van der Waals surface area contributed by atoms with Gasteiger partial charge in [-0.1, -0.05) is 17.3 Å². The molecule has 1 aromatic heterocycles. The van der Waals surface area contributed by atoms with E-state index in [1.807, 2.05) is 4.90 Å². The molecule has 0 aliphatic heterocycles.